The van der Waals surface area contributed by atoms with Gasteiger partial charge >= 0.3 is 5.97 Å². The van der Waals surface area contributed by atoms with Gasteiger partial charge in [0, 0.05) is 0 Å². The highest BCUT2D eigenvalue weighted by molar-refractivity contribution is 7.92. The molecule has 0 radical (unpaired) electrons. The van der Waals surface area contributed by atoms with Crippen LogP contribution >= 0.6 is 0 Å². The minimum Gasteiger partial charge on any atom is -0.490 e. The third-order valence-electron chi connectivity index (χ3n) is 4.70. The molecule has 0 fully saturated rings. The summed E-state index contributed by atoms with van der Waals surface area (Å²) in [6.07, 6.45) is 0. The normalized spacial score (nSPS) is 11.2. The van der Waals surface area contributed by atoms with Crippen LogP contribution in [0.2, 0.25) is 0 Å². The van der Waals surface area contributed by atoms with Gasteiger partial charge in [-0.25, -0.2) is 13.2 Å². The minimum atomic E-state index is -3.77. The quantitative estimate of drug-likeness (QED) is 0.427. The Hall–Kier alpha value is -3.52. The molecule has 0 spiro atoms. The Balaban J connectivity index is 1.61. The van der Waals surface area contributed by atoms with Crippen molar-refractivity contribution in [3.63, 3.8) is 0 Å². The molecule has 0 amide bonds. The molecule has 0 saturated carbocycles. The number of ether oxygens (including phenoxy) is 2. The highest BCUT2D eigenvalue weighted by atomic mass is 32.2. The van der Waals surface area contributed by atoms with Gasteiger partial charge in [0.2, 0.25) is 0 Å². The first kappa shape index (κ1) is 23.1. The molecule has 0 bridgehead atoms. The minimum absolute atomic E-state index is 0.169. The number of nitrogens with one attached hydrogen (secondary N) is 1. The van der Waals surface area contributed by atoms with Gasteiger partial charge in [-0.15, -0.1) is 0 Å². The molecule has 7 nitrogen and oxygen atoms in total. The Bertz CT molecular complexity index is 1160. The van der Waals surface area contributed by atoms with E-state index in [-0.39, 0.29) is 23.7 Å². The molecule has 8 heteroatoms. The van der Waals surface area contributed by atoms with Crippen molar-refractivity contribution >= 4 is 21.7 Å². The predicted molar refractivity (Wildman–Crippen MR) is 122 cm³/mol. The van der Waals surface area contributed by atoms with Gasteiger partial charge in [-0.1, -0.05) is 38.1 Å². The third-order valence-corrected chi connectivity index (χ3v) is 6.08. The molecule has 0 aromatic heterocycles. The van der Waals surface area contributed by atoms with Crippen LogP contribution in [0.4, 0.5) is 5.69 Å². The maximum absolute atomic E-state index is 12.8. The molecule has 32 heavy (non-hydrogen) atoms. The highest BCUT2D eigenvalue weighted by Gasteiger charge is 2.17. The van der Waals surface area contributed by atoms with E-state index >= 15 is 0 Å². The fourth-order valence-corrected chi connectivity index (χ4v) is 3.99. The first-order valence-corrected chi connectivity index (χ1v) is 11.6. The van der Waals surface area contributed by atoms with Crippen LogP contribution in [0.15, 0.2) is 77.7 Å². The van der Waals surface area contributed by atoms with Crippen molar-refractivity contribution in [2.75, 3.05) is 17.9 Å². The molecule has 2 N–H and O–H groups in total. The Kier molecular flexibility index (Phi) is 7.37. The average Bonchev–Trinajstić information content (AvgIpc) is 2.78. The van der Waals surface area contributed by atoms with Gasteiger partial charge in [0.05, 0.1) is 16.1 Å². The van der Waals surface area contributed by atoms with Crippen molar-refractivity contribution in [3.8, 4) is 11.5 Å². The molecule has 0 unspecified atom stereocenters. The van der Waals surface area contributed by atoms with Gasteiger partial charge in [-0.3, -0.25) is 4.72 Å². The molecular weight excluding hydrogens is 430 g/mol. The average molecular weight is 456 g/mol. The topological polar surface area (TPSA) is 102 Å². The number of sulfonamides is 1. The van der Waals surface area contributed by atoms with Gasteiger partial charge in [0.25, 0.3) is 10.0 Å². The fourth-order valence-electron chi connectivity index (χ4n) is 2.92. The summed E-state index contributed by atoms with van der Waals surface area (Å²) in [6, 6.07) is 19.6. The largest absolute Gasteiger partial charge is 0.490 e. The van der Waals surface area contributed by atoms with Crippen LogP contribution in [0, 0.1) is 0 Å². The van der Waals surface area contributed by atoms with Gasteiger partial charge in [0.1, 0.15) is 24.7 Å². The van der Waals surface area contributed by atoms with Crippen molar-refractivity contribution < 1.29 is 27.8 Å². The molecule has 0 aliphatic carbocycles. The maximum Gasteiger partial charge on any atom is 0.335 e. The lowest BCUT2D eigenvalue weighted by molar-refractivity contribution is 0.0697. The molecule has 0 atom stereocenters. The van der Waals surface area contributed by atoms with Crippen molar-refractivity contribution in [2.24, 2.45) is 0 Å². The Morgan fingerprint density at radius 2 is 1.53 bits per heavy atom. The Labute approximate surface area is 187 Å². The number of para-hydroxylation sites is 2. The van der Waals surface area contributed by atoms with E-state index in [0.717, 1.165) is 5.56 Å². The Morgan fingerprint density at radius 3 is 2.16 bits per heavy atom. The zero-order chi connectivity index (χ0) is 23.1. The van der Waals surface area contributed by atoms with E-state index in [4.69, 9.17) is 14.6 Å². The SMILES string of the molecule is CC(C)c1ccc(S(=O)(=O)Nc2ccccc2OCCOc2ccc(C(=O)O)cc2)cc1. The van der Waals surface area contributed by atoms with E-state index in [1.165, 1.54) is 12.1 Å². The lowest BCUT2D eigenvalue weighted by Crippen LogP contribution is -2.15. The van der Waals surface area contributed by atoms with Crippen LogP contribution in [0.25, 0.3) is 0 Å². The van der Waals surface area contributed by atoms with E-state index in [1.807, 2.05) is 26.0 Å². The summed E-state index contributed by atoms with van der Waals surface area (Å²) in [5.41, 5.74) is 1.56. The van der Waals surface area contributed by atoms with Crippen molar-refractivity contribution in [3.05, 3.63) is 83.9 Å². The second-order valence-electron chi connectivity index (χ2n) is 7.35. The molecule has 0 aliphatic heterocycles. The lowest BCUT2D eigenvalue weighted by Gasteiger charge is -2.14. The molecule has 168 valence electrons. The number of aromatic carboxylic acids is 1. The van der Waals surface area contributed by atoms with E-state index in [9.17, 15) is 13.2 Å². The van der Waals surface area contributed by atoms with E-state index in [2.05, 4.69) is 4.72 Å². The number of carbonyl (C=O) groups is 1. The van der Waals surface area contributed by atoms with Gasteiger partial charge < -0.3 is 14.6 Å². The molecular formula is C24H25NO6S. The first-order chi connectivity index (χ1) is 15.3. The molecule has 0 aliphatic rings. The third kappa shape index (κ3) is 6.01. The van der Waals surface area contributed by atoms with Gasteiger partial charge in [0.15, 0.2) is 0 Å². The predicted octanol–water partition coefficient (Wildman–Crippen LogP) is 4.77. The van der Waals surface area contributed by atoms with Crippen LogP contribution in [-0.2, 0) is 10.0 Å². The summed E-state index contributed by atoms with van der Waals surface area (Å²) >= 11 is 0. The number of hydrogen-bond acceptors (Lipinski definition) is 5. The maximum atomic E-state index is 12.8. The van der Waals surface area contributed by atoms with E-state index < -0.39 is 16.0 Å². The first-order valence-electron chi connectivity index (χ1n) is 10.1. The van der Waals surface area contributed by atoms with Crippen molar-refractivity contribution in [2.45, 2.75) is 24.7 Å². The number of hydrogen-bond donors (Lipinski definition) is 2. The number of carboxylic acids is 1. The molecule has 0 heterocycles. The summed E-state index contributed by atoms with van der Waals surface area (Å²) < 4.78 is 39.4. The van der Waals surface area contributed by atoms with Gasteiger partial charge in [-0.2, -0.15) is 0 Å². The standard InChI is InChI=1S/C24H25NO6S/c1-17(2)18-9-13-21(14-10-18)32(28,29)25-22-5-3-4-6-23(22)31-16-15-30-20-11-7-19(8-12-20)24(26)27/h3-14,17,25H,15-16H2,1-2H3,(H,26,27). The van der Waals surface area contributed by atoms with Crippen LogP contribution in [0.5, 0.6) is 11.5 Å². The summed E-state index contributed by atoms with van der Waals surface area (Å²) in [5, 5.41) is 8.92. The second kappa shape index (κ2) is 10.2. The number of rotatable bonds is 10. The highest BCUT2D eigenvalue weighted by Crippen LogP contribution is 2.27. The van der Waals surface area contributed by atoms with Crippen molar-refractivity contribution in [1.82, 2.24) is 0 Å². The van der Waals surface area contributed by atoms with Crippen LogP contribution < -0.4 is 14.2 Å². The lowest BCUT2D eigenvalue weighted by atomic mass is 10.0. The molecule has 3 rings (SSSR count). The molecule has 3 aromatic carbocycles. The van der Waals surface area contributed by atoms with Crippen molar-refractivity contribution in [1.29, 1.82) is 0 Å². The summed E-state index contributed by atoms with van der Waals surface area (Å²) in [6.45, 7) is 4.46. The zero-order valence-corrected chi connectivity index (χ0v) is 18.6. The summed E-state index contributed by atoms with van der Waals surface area (Å²) in [5.74, 6) is 0.193. The van der Waals surface area contributed by atoms with Gasteiger partial charge in [-0.05, 0) is 60.0 Å². The van der Waals surface area contributed by atoms with Crippen LogP contribution in [0.3, 0.4) is 0 Å². The van der Waals surface area contributed by atoms with E-state index in [1.54, 1.807) is 48.5 Å². The molecule has 0 saturated heterocycles. The number of carboxylic acid groups (broad SMARTS) is 1. The monoisotopic (exact) mass is 455 g/mol. The number of benzene rings is 3. The summed E-state index contributed by atoms with van der Waals surface area (Å²) in [4.78, 5) is 11.1. The fraction of sp³-hybridized carbons (Fsp3) is 0.208. The smallest absolute Gasteiger partial charge is 0.335 e. The molecule has 3 aromatic rings. The number of anilines is 1. The van der Waals surface area contributed by atoms with Crippen LogP contribution in [0.1, 0.15) is 35.7 Å². The Morgan fingerprint density at radius 1 is 0.906 bits per heavy atom. The van der Waals surface area contributed by atoms with E-state index in [0.29, 0.717) is 23.1 Å². The second-order valence-corrected chi connectivity index (χ2v) is 9.03. The summed E-state index contributed by atoms with van der Waals surface area (Å²) in [7, 11) is -3.77. The van der Waals surface area contributed by atoms with Crippen LogP contribution in [-0.4, -0.2) is 32.7 Å². The zero-order valence-electron chi connectivity index (χ0n) is 17.8.